The first kappa shape index (κ1) is 20.4. The van der Waals surface area contributed by atoms with E-state index in [0.29, 0.717) is 24.2 Å². The molecule has 6 nitrogen and oxygen atoms in total. The Balaban J connectivity index is 1.62. The minimum Gasteiger partial charge on any atom is -0.375 e. The number of ether oxygens (including phenoxy) is 1. The highest BCUT2D eigenvalue weighted by Crippen LogP contribution is 2.27. The molecule has 1 amide bonds. The number of hydrogen-bond donors (Lipinski definition) is 1. The molecule has 27 heavy (non-hydrogen) atoms. The van der Waals surface area contributed by atoms with Crippen LogP contribution in [0.1, 0.15) is 55.3 Å². The standard InChI is InChI=1S/C19H27ClN2O4S/c1-27(24,25)21-18-8-7-14(20)13-17(18)19(23)22-11-9-16(10-12-22)26-15-5-3-2-4-6-15/h7-8,13,15-16,21H,2-6,9-12H2,1H3. The zero-order valence-electron chi connectivity index (χ0n) is 15.6. The fraction of sp³-hybridized carbons (Fsp3) is 0.632. The van der Waals surface area contributed by atoms with Crippen molar-refractivity contribution in [3.8, 4) is 0 Å². The Morgan fingerprint density at radius 1 is 1.11 bits per heavy atom. The van der Waals surface area contributed by atoms with Gasteiger partial charge in [0.25, 0.3) is 5.91 Å². The van der Waals surface area contributed by atoms with E-state index in [-0.39, 0.29) is 23.3 Å². The average Bonchev–Trinajstić information content (AvgIpc) is 2.63. The Morgan fingerprint density at radius 2 is 1.74 bits per heavy atom. The monoisotopic (exact) mass is 414 g/mol. The fourth-order valence-corrected chi connectivity index (χ4v) is 4.57. The van der Waals surface area contributed by atoms with Crippen LogP contribution in [0.4, 0.5) is 5.69 Å². The largest absolute Gasteiger partial charge is 0.375 e. The number of likely N-dealkylation sites (tertiary alicyclic amines) is 1. The molecule has 0 unspecified atom stereocenters. The van der Waals surface area contributed by atoms with E-state index in [0.717, 1.165) is 31.9 Å². The van der Waals surface area contributed by atoms with Crippen LogP contribution in [0.5, 0.6) is 0 Å². The van der Waals surface area contributed by atoms with Crippen LogP contribution in [0.3, 0.4) is 0 Å². The molecule has 1 saturated carbocycles. The maximum atomic E-state index is 12.9. The van der Waals surface area contributed by atoms with Crippen molar-refractivity contribution in [3.63, 3.8) is 0 Å². The number of anilines is 1. The van der Waals surface area contributed by atoms with E-state index >= 15 is 0 Å². The number of benzene rings is 1. The second-order valence-electron chi connectivity index (χ2n) is 7.45. The predicted molar refractivity (Wildman–Crippen MR) is 107 cm³/mol. The summed E-state index contributed by atoms with van der Waals surface area (Å²) >= 11 is 6.03. The number of nitrogens with zero attached hydrogens (tertiary/aromatic N) is 1. The summed E-state index contributed by atoms with van der Waals surface area (Å²) in [7, 11) is -3.49. The van der Waals surface area contributed by atoms with E-state index in [1.165, 1.54) is 31.4 Å². The summed E-state index contributed by atoms with van der Waals surface area (Å²) in [5, 5.41) is 0.396. The van der Waals surface area contributed by atoms with Gasteiger partial charge in [0.05, 0.1) is 29.7 Å². The second kappa shape index (κ2) is 8.80. The van der Waals surface area contributed by atoms with Crippen molar-refractivity contribution >= 4 is 33.2 Å². The average molecular weight is 415 g/mol. The summed E-state index contributed by atoms with van der Waals surface area (Å²) in [4.78, 5) is 14.7. The van der Waals surface area contributed by atoms with Gasteiger partial charge in [-0.15, -0.1) is 0 Å². The molecule has 1 heterocycles. The minimum atomic E-state index is -3.49. The number of piperidine rings is 1. The summed E-state index contributed by atoms with van der Waals surface area (Å²) in [6.07, 6.45) is 9.30. The van der Waals surface area contributed by atoms with Gasteiger partial charge >= 0.3 is 0 Å². The van der Waals surface area contributed by atoms with Crippen LogP contribution < -0.4 is 4.72 Å². The van der Waals surface area contributed by atoms with E-state index in [1.54, 1.807) is 11.0 Å². The third-order valence-electron chi connectivity index (χ3n) is 5.17. The quantitative estimate of drug-likeness (QED) is 0.797. The van der Waals surface area contributed by atoms with Crippen molar-refractivity contribution in [1.82, 2.24) is 4.90 Å². The number of rotatable bonds is 5. The molecule has 2 fully saturated rings. The van der Waals surface area contributed by atoms with Crippen molar-refractivity contribution in [2.75, 3.05) is 24.1 Å². The van der Waals surface area contributed by atoms with Crippen LogP contribution in [0, 0.1) is 0 Å². The van der Waals surface area contributed by atoms with Crippen molar-refractivity contribution in [2.45, 2.75) is 57.2 Å². The Labute approximate surface area is 166 Å². The lowest BCUT2D eigenvalue weighted by molar-refractivity contribution is -0.0526. The Kier molecular flexibility index (Phi) is 6.65. The Hall–Kier alpha value is -1.31. The Morgan fingerprint density at radius 3 is 2.37 bits per heavy atom. The predicted octanol–water partition coefficient (Wildman–Crippen LogP) is 3.67. The van der Waals surface area contributed by atoms with Crippen LogP contribution in [0.25, 0.3) is 0 Å². The number of amides is 1. The van der Waals surface area contributed by atoms with E-state index in [1.807, 2.05) is 0 Å². The summed E-state index contributed by atoms with van der Waals surface area (Å²) in [5.41, 5.74) is 0.534. The number of carbonyl (C=O) groups is 1. The smallest absolute Gasteiger partial charge is 0.256 e. The number of nitrogens with one attached hydrogen (secondary N) is 1. The van der Waals surface area contributed by atoms with Crippen molar-refractivity contribution in [2.24, 2.45) is 0 Å². The summed E-state index contributed by atoms with van der Waals surface area (Å²) in [6, 6.07) is 4.60. The molecule has 0 bridgehead atoms. The minimum absolute atomic E-state index is 0.199. The van der Waals surface area contributed by atoms with E-state index in [4.69, 9.17) is 16.3 Å². The van der Waals surface area contributed by atoms with Gasteiger partial charge in [-0.25, -0.2) is 8.42 Å². The maximum Gasteiger partial charge on any atom is 0.256 e. The van der Waals surface area contributed by atoms with E-state index in [9.17, 15) is 13.2 Å². The van der Waals surface area contributed by atoms with Gasteiger partial charge in [-0.2, -0.15) is 0 Å². The fourth-order valence-electron chi connectivity index (χ4n) is 3.82. The molecule has 1 aliphatic heterocycles. The molecule has 0 radical (unpaired) electrons. The first-order chi connectivity index (χ1) is 12.8. The van der Waals surface area contributed by atoms with Crippen LogP contribution in [-0.2, 0) is 14.8 Å². The Bertz CT molecular complexity index is 770. The van der Waals surface area contributed by atoms with Crippen LogP contribution >= 0.6 is 11.6 Å². The van der Waals surface area contributed by atoms with Gasteiger partial charge < -0.3 is 9.64 Å². The highest BCUT2D eigenvalue weighted by atomic mass is 35.5. The molecule has 1 saturated heterocycles. The summed E-state index contributed by atoms with van der Waals surface area (Å²) in [6.45, 7) is 1.20. The highest BCUT2D eigenvalue weighted by molar-refractivity contribution is 7.92. The molecule has 1 aromatic rings. The van der Waals surface area contributed by atoms with Crippen LogP contribution in [0.15, 0.2) is 18.2 Å². The number of sulfonamides is 1. The summed E-state index contributed by atoms with van der Waals surface area (Å²) < 4.78 is 31.8. The number of halogens is 1. The third-order valence-corrected chi connectivity index (χ3v) is 6.00. The zero-order chi connectivity index (χ0) is 19.4. The van der Waals surface area contributed by atoms with Gasteiger partial charge in [0, 0.05) is 18.1 Å². The lowest BCUT2D eigenvalue weighted by atomic mass is 9.97. The lowest BCUT2D eigenvalue weighted by Crippen LogP contribution is -2.42. The van der Waals surface area contributed by atoms with Gasteiger partial charge in [0.1, 0.15) is 0 Å². The van der Waals surface area contributed by atoms with Gasteiger partial charge in [0.2, 0.25) is 10.0 Å². The molecule has 0 atom stereocenters. The molecule has 1 aliphatic carbocycles. The van der Waals surface area contributed by atoms with Gasteiger partial charge in [-0.1, -0.05) is 30.9 Å². The normalized spacial score (nSPS) is 19.9. The van der Waals surface area contributed by atoms with Gasteiger partial charge in [0.15, 0.2) is 0 Å². The molecular weight excluding hydrogens is 388 g/mol. The maximum absolute atomic E-state index is 12.9. The molecule has 1 N–H and O–H groups in total. The second-order valence-corrected chi connectivity index (χ2v) is 9.64. The number of carbonyl (C=O) groups excluding carboxylic acids is 1. The molecule has 8 heteroatoms. The molecule has 0 spiro atoms. The van der Waals surface area contributed by atoms with Gasteiger partial charge in [-0.3, -0.25) is 9.52 Å². The molecular formula is C19H27ClN2O4S. The van der Waals surface area contributed by atoms with E-state index < -0.39 is 10.0 Å². The molecule has 3 rings (SSSR count). The topological polar surface area (TPSA) is 75.7 Å². The van der Waals surface area contributed by atoms with Gasteiger partial charge in [-0.05, 0) is 43.9 Å². The number of hydrogen-bond acceptors (Lipinski definition) is 4. The van der Waals surface area contributed by atoms with Crippen molar-refractivity contribution < 1.29 is 17.9 Å². The molecule has 2 aliphatic rings. The zero-order valence-corrected chi connectivity index (χ0v) is 17.2. The third kappa shape index (κ3) is 5.83. The van der Waals surface area contributed by atoms with E-state index in [2.05, 4.69) is 4.72 Å². The molecule has 150 valence electrons. The van der Waals surface area contributed by atoms with Crippen LogP contribution in [0.2, 0.25) is 5.02 Å². The first-order valence-corrected chi connectivity index (χ1v) is 11.8. The van der Waals surface area contributed by atoms with Crippen molar-refractivity contribution in [3.05, 3.63) is 28.8 Å². The first-order valence-electron chi connectivity index (χ1n) is 9.54. The van der Waals surface area contributed by atoms with Crippen LogP contribution in [-0.4, -0.2) is 50.8 Å². The molecule has 0 aromatic heterocycles. The van der Waals surface area contributed by atoms with Crippen molar-refractivity contribution in [1.29, 1.82) is 0 Å². The molecule has 1 aromatic carbocycles. The highest BCUT2D eigenvalue weighted by Gasteiger charge is 2.28. The lowest BCUT2D eigenvalue weighted by Gasteiger charge is -2.35. The summed E-state index contributed by atoms with van der Waals surface area (Å²) in [5.74, 6) is -0.209. The SMILES string of the molecule is CS(=O)(=O)Nc1ccc(Cl)cc1C(=O)N1CCC(OC2CCCCC2)CC1.